The average molecular weight is 387 g/mol. The monoisotopic (exact) mass is 387 g/mol. The standard InChI is InChI=1S/C16H22INO2/c1-2-3-11-4-7-13(8-5-11)18-16(20)12-6-9-14(17)15(19)10-12/h6,9-11,13,19H,2-5,7-8H2,1H3,(H,18,20). The molecule has 1 aliphatic rings. The van der Waals surface area contributed by atoms with Crippen LogP contribution >= 0.6 is 22.6 Å². The lowest BCUT2D eigenvalue weighted by Gasteiger charge is -2.29. The number of halogens is 1. The predicted molar refractivity (Wildman–Crippen MR) is 88.9 cm³/mol. The summed E-state index contributed by atoms with van der Waals surface area (Å²) in [5.41, 5.74) is 0.540. The van der Waals surface area contributed by atoms with Crippen LogP contribution in [-0.2, 0) is 0 Å². The Balaban J connectivity index is 1.87. The molecule has 0 atom stereocenters. The van der Waals surface area contributed by atoms with Crippen LogP contribution in [0.3, 0.4) is 0 Å². The van der Waals surface area contributed by atoms with Crippen LogP contribution in [0.15, 0.2) is 18.2 Å². The third-order valence-corrected chi connectivity index (χ3v) is 5.00. The summed E-state index contributed by atoms with van der Waals surface area (Å²) in [6.45, 7) is 2.23. The molecule has 0 saturated heterocycles. The van der Waals surface area contributed by atoms with Crippen LogP contribution in [0, 0.1) is 9.49 Å². The summed E-state index contributed by atoms with van der Waals surface area (Å²) < 4.78 is 0.763. The maximum atomic E-state index is 12.2. The van der Waals surface area contributed by atoms with Crippen LogP contribution in [0.4, 0.5) is 0 Å². The summed E-state index contributed by atoms with van der Waals surface area (Å²) in [7, 11) is 0. The molecule has 0 aromatic heterocycles. The first-order valence-electron chi connectivity index (χ1n) is 7.39. The predicted octanol–water partition coefficient (Wildman–Crippen LogP) is 4.09. The summed E-state index contributed by atoms with van der Waals surface area (Å²) >= 11 is 2.05. The van der Waals surface area contributed by atoms with Crippen LogP contribution in [-0.4, -0.2) is 17.1 Å². The molecule has 0 spiro atoms. The van der Waals surface area contributed by atoms with E-state index in [1.54, 1.807) is 18.2 Å². The Bertz CT molecular complexity index is 468. The highest BCUT2D eigenvalue weighted by Crippen LogP contribution is 2.28. The minimum absolute atomic E-state index is 0.0735. The van der Waals surface area contributed by atoms with E-state index in [0.29, 0.717) is 5.56 Å². The van der Waals surface area contributed by atoms with Gasteiger partial charge in [-0.3, -0.25) is 4.79 Å². The van der Waals surface area contributed by atoms with Crippen molar-refractivity contribution in [1.82, 2.24) is 5.32 Å². The zero-order valence-electron chi connectivity index (χ0n) is 11.9. The van der Waals surface area contributed by atoms with E-state index in [2.05, 4.69) is 12.2 Å². The van der Waals surface area contributed by atoms with Crippen molar-refractivity contribution in [3.05, 3.63) is 27.3 Å². The number of nitrogens with one attached hydrogen (secondary N) is 1. The van der Waals surface area contributed by atoms with E-state index in [1.807, 2.05) is 22.6 Å². The zero-order valence-corrected chi connectivity index (χ0v) is 14.0. The van der Waals surface area contributed by atoms with Gasteiger partial charge in [0.25, 0.3) is 5.91 Å². The second-order valence-corrected chi connectivity index (χ2v) is 6.81. The first kappa shape index (κ1) is 15.6. The molecule has 1 aliphatic carbocycles. The molecule has 2 rings (SSSR count). The minimum Gasteiger partial charge on any atom is -0.507 e. The molecule has 0 aliphatic heterocycles. The van der Waals surface area contributed by atoms with E-state index < -0.39 is 0 Å². The lowest BCUT2D eigenvalue weighted by molar-refractivity contribution is 0.0920. The molecule has 0 unspecified atom stereocenters. The van der Waals surface area contributed by atoms with E-state index in [1.165, 1.54) is 25.7 Å². The van der Waals surface area contributed by atoms with Gasteiger partial charge in [0, 0.05) is 11.6 Å². The normalized spacial score (nSPS) is 22.5. The molecule has 1 aromatic rings. The van der Waals surface area contributed by atoms with Gasteiger partial charge in [-0.1, -0.05) is 19.8 Å². The second kappa shape index (κ2) is 7.29. The Morgan fingerprint density at radius 2 is 2.05 bits per heavy atom. The maximum absolute atomic E-state index is 12.2. The van der Waals surface area contributed by atoms with Gasteiger partial charge in [0.15, 0.2) is 0 Å². The third-order valence-electron chi connectivity index (χ3n) is 4.09. The molecular formula is C16H22INO2. The van der Waals surface area contributed by atoms with Gasteiger partial charge >= 0.3 is 0 Å². The largest absolute Gasteiger partial charge is 0.507 e. The number of phenols is 1. The van der Waals surface area contributed by atoms with Gasteiger partial charge in [-0.2, -0.15) is 0 Å². The van der Waals surface area contributed by atoms with E-state index in [0.717, 1.165) is 22.3 Å². The topological polar surface area (TPSA) is 49.3 Å². The van der Waals surface area contributed by atoms with Crippen LogP contribution in [0.1, 0.15) is 55.8 Å². The second-order valence-electron chi connectivity index (χ2n) is 5.65. The van der Waals surface area contributed by atoms with Gasteiger partial charge in [0.2, 0.25) is 0 Å². The lowest BCUT2D eigenvalue weighted by atomic mass is 9.83. The van der Waals surface area contributed by atoms with Gasteiger partial charge in [-0.05, 0) is 72.4 Å². The van der Waals surface area contributed by atoms with Crippen LogP contribution in [0.5, 0.6) is 5.75 Å². The summed E-state index contributed by atoms with van der Waals surface area (Å²) in [6.07, 6.45) is 7.16. The highest BCUT2D eigenvalue weighted by atomic mass is 127. The van der Waals surface area contributed by atoms with E-state index in [4.69, 9.17) is 0 Å². The Labute approximate surface area is 134 Å². The molecule has 1 amide bonds. The molecule has 3 nitrogen and oxygen atoms in total. The molecule has 20 heavy (non-hydrogen) atoms. The third kappa shape index (κ3) is 4.11. The van der Waals surface area contributed by atoms with Crippen LogP contribution < -0.4 is 5.32 Å². The number of aromatic hydroxyl groups is 1. The highest BCUT2D eigenvalue weighted by Gasteiger charge is 2.22. The first-order chi connectivity index (χ1) is 9.60. The average Bonchev–Trinajstić information content (AvgIpc) is 2.44. The van der Waals surface area contributed by atoms with Crippen molar-refractivity contribution in [3.8, 4) is 5.75 Å². The van der Waals surface area contributed by atoms with Crippen LogP contribution in [0.2, 0.25) is 0 Å². The summed E-state index contributed by atoms with van der Waals surface area (Å²) in [5.74, 6) is 0.941. The fourth-order valence-electron chi connectivity index (χ4n) is 2.93. The van der Waals surface area contributed by atoms with Crippen molar-refractivity contribution < 1.29 is 9.90 Å². The number of amides is 1. The van der Waals surface area contributed by atoms with Crippen molar-refractivity contribution in [2.75, 3.05) is 0 Å². The molecule has 1 fully saturated rings. The van der Waals surface area contributed by atoms with Gasteiger partial charge in [-0.15, -0.1) is 0 Å². The van der Waals surface area contributed by atoms with E-state index >= 15 is 0 Å². The summed E-state index contributed by atoms with van der Waals surface area (Å²) in [6, 6.07) is 5.36. The summed E-state index contributed by atoms with van der Waals surface area (Å²) in [4.78, 5) is 12.2. The molecule has 1 saturated carbocycles. The van der Waals surface area contributed by atoms with E-state index in [9.17, 15) is 9.90 Å². The van der Waals surface area contributed by atoms with Crippen molar-refractivity contribution in [1.29, 1.82) is 0 Å². The number of carbonyl (C=O) groups excluding carboxylic acids is 1. The number of hydrogen-bond donors (Lipinski definition) is 2. The smallest absolute Gasteiger partial charge is 0.251 e. The zero-order chi connectivity index (χ0) is 14.5. The summed E-state index contributed by atoms with van der Waals surface area (Å²) in [5, 5.41) is 12.8. The molecule has 0 bridgehead atoms. The van der Waals surface area contributed by atoms with Gasteiger partial charge < -0.3 is 10.4 Å². The van der Waals surface area contributed by atoms with Crippen molar-refractivity contribution in [3.63, 3.8) is 0 Å². The highest BCUT2D eigenvalue weighted by molar-refractivity contribution is 14.1. The van der Waals surface area contributed by atoms with Crippen molar-refractivity contribution >= 4 is 28.5 Å². The van der Waals surface area contributed by atoms with Gasteiger partial charge in [0.05, 0.1) is 3.57 Å². The lowest BCUT2D eigenvalue weighted by Crippen LogP contribution is -2.37. The number of hydrogen-bond acceptors (Lipinski definition) is 2. The number of carbonyl (C=O) groups is 1. The number of rotatable bonds is 4. The minimum atomic E-state index is -0.0735. The van der Waals surface area contributed by atoms with E-state index in [-0.39, 0.29) is 17.7 Å². The van der Waals surface area contributed by atoms with Crippen molar-refractivity contribution in [2.45, 2.75) is 51.5 Å². The molecule has 1 aromatic carbocycles. The quantitative estimate of drug-likeness (QED) is 0.765. The molecular weight excluding hydrogens is 365 g/mol. The fraction of sp³-hybridized carbons (Fsp3) is 0.562. The Morgan fingerprint density at radius 1 is 1.35 bits per heavy atom. The first-order valence-corrected chi connectivity index (χ1v) is 8.47. The maximum Gasteiger partial charge on any atom is 0.251 e. The number of phenolic OH excluding ortho intramolecular Hbond substituents is 1. The molecule has 110 valence electrons. The molecule has 2 N–H and O–H groups in total. The fourth-order valence-corrected chi connectivity index (χ4v) is 3.26. The Morgan fingerprint density at radius 3 is 2.65 bits per heavy atom. The SMILES string of the molecule is CCCC1CCC(NC(=O)c2ccc(I)c(O)c2)CC1. The Kier molecular flexibility index (Phi) is 5.69. The molecule has 0 heterocycles. The molecule has 4 heteroatoms. The van der Waals surface area contributed by atoms with Gasteiger partial charge in [0.1, 0.15) is 5.75 Å². The molecule has 0 radical (unpaired) electrons. The number of benzene rings is 1. The van der Waals surface area contributed by atoms with Crippen LogP contribution in [0.25, 0.3) is 0 Å². The van der Waals surface area contributed by atoms with Crippen molar-refractivity contribution in [2.24, 2.45) is 5.92 Å². The van der Waals surface area contributed by atoms with Gasteiger partial charge in [-0.25, -0.2) is 0 Å². The Hall–Kier alpha value is -0.780.